The highest BCUT2D eigenvalue weighted by Crippen LogP contribution is 2.16. The molecule has 0 heterocycles. The summed E-state index contributed by atoms with van der Waals surface area (Å²) >= 11 is 0. The summed E-state index contributed by atoms with van der Waals surface area (Å²) in [6.45, 7) is 0.370. The summed E-state index contributed by atoms with van der Waals surface area (Å²) in [4.78, 5) is 10.3. The minimum absolute atomic E-state index is 0.370. The number of carbonyl (C=O) groups is 1. The van der Waals surface area contributed by atoms with Gasteiger partial charge in [0.15, 0.2) is 0 Å². The van der Waals surface area contributed by atoms with E-state index in [1.165, 1.54) is 186 Å². The summed E-state index contributed by atoms with van der Waals surface area (Å²) in [6, 6.07) is 0. The average Bonchev–Trinajstić information content (AvgIpc) is 2.89. The summed E-state index contributed by atoms with van der Waals surface area (Å²) in [5.41, 5.74) is 0. The van der Waals surface area contributed by atoms with Crippen molar-refractivity contribution in [3.05, 3.63) is 0 Å². The van der Waals surface area contributed by atoms with E-state index in [9.17, 15) is 4.79 Å². The van der Waals surface area contributed by atoms with Crippen LogP contribution in [0.4, 0.5) is 0 Å². The molecule has 0 radical (unpaired) electrons. The second kappa shape index (κ2) is 34.6. The molecule has 36 heavy (non-hydrogen) atoms. The van der Waals surface area contributed by atoms with Crippen LogP contribution >= 0.6 is 0 Å². The Hall–Kier alpha value is -0.370. The second-order valence-electron chi connectivity index (χ2n) is 11.6. The fraction of sp³-hybridized carbons (Fsp3) is 0.971. The molecule has 2 heteroatoms. The van der Waals surface area contributed by atoms with Crippen molar-refractivity contribution in [1.82, 2.24) is 0 Å². The number of rotatable bonds is 33. The molecule has 0 aromatic rings. The normalized spacial score (nSPS) is 11.4. The lowest BCUT2D eigenvalue weighted by Crippen LogP contribution is -1.85. The third kappa shape index (κ3) is 33.6. The zero-order valence-corrected chi connectivity index (χ0v) is 24.8. The number of carbonyl (C=O) groups excluding carboxylic acids is 1. The van der Waals surface area contributed by atoms with Gasteiger partial charge in [-0.15, -0.1) is 0 Å². The zero-order valence-electron chi connectivity index (χ0n) is 24.8. The highest BCUT2D eigenvalue weighted by Gasteiger charge is 1.97. The van der Waals surface area contributed by atoms with Crippen molar-refractivity contribution in [3.63, 3.8) is 0 Å². The molecule has 0 aliphatic heterocycles. The first-order valence-corrected chi connectivity index (χ1v) is 17.0. The first kappa shape index (κ1) is 35.6. The fourth-order valence-corrected chi connectivity index (χ4v) is 5.47. The molecule has 2 nitrogen and oxygen atoms in total. The molecule has 0 rings (SSSR count). The lowest BCUT2D eigenvalue weighted by Gasteiger charge is -2.04. The van der Waals surface area contributed by atoms with Gasteiger partial charge in [-0.05, 0) is 12.8 Å². The van der Waals surface area contributed by atoms with Gasteiger partial charge in [0.2, 0.25) is 0 Å². The predicted octanol–water partition coefficient (Wildman–Crippen LogP) is 11.7. The Bertz CT molecular complexity index is 381. The quantitative estimate of drug-likeness (QED) is 0.0706. The molecular weight excluding hydrogens is 440 g/mol. The highest BCUT2D eigenvalue weighted by atomic mass is 16.2. The molecule has 0 spiro atoms. The molecule has 0 atom stereocenters. The lowest BCUT2D eigenvalue weighted by atomic mass is 10.0. The maximum Gasteiger partial charge on any atom is 0.119 e. The topological polar surface area (TPSA) is 37.3 Å². The molecule has 0 aromatic heterocycles. The van der Waals surface area contributed by atoms with Crippen LogP contribution in [0.5, 0.6) is 0 Å². The van der Waals surface area contributed by atoms with Crippen molar-refractivity contribution in [2.24, 2.45) is 0 Å². The van der Waals surface area contributed by atoms with Gasteiger partial charge < -0.3 is 9.90 Å². The molecule has 0 fully saturated rings. The Balaban J connectivity index is 3.00. The van der Waals surface area contributed by atoms with Gasteiger partial charge >= 0.3 is 0 Å². The minimum Gasteiger partial charge on any atom is -0.396 e. The average molecular weight is 509 g/mol. The van der Waals surface area contributed by atoms with Crippen LogP contribution in [0.2, 0.25) is 0 Å². The number of aliphatic hydroxyl groups excluding tert-OH is 1. The molecule has 0 aliphatic carbocycles. The van der Waals surface area contributed by atoms with Gasteiger partial charge in [-0.1, -0.05) is 186 Å². The summed E-state index contributed by atoms with van der Waals surface area (Å²) in [6.07, 6.45) is 45.1. The Kier molecular flexibility index (Phi) is 34.3. The van der Waals surface area contributed by atoms with Crippen molar-refractivity contribution < 1.29 is 9.90 Å². The SMILES string of the molecule is O=CCCCCCCCCCCCCCCCCCCCCCCCCCCCCCCCCCO. The van der Waals surface area contributed by atoms with Crippen LogP contribution in [0.3, 0.4) is 0 Å². The molecule has 216 valence electrons. The second-order valence-corrected chi connectivity index (χ2v) is 11.6. The molecule has 1 N–H and O–H groups in total. The number of aldehydes is 1. The van der Waals surface area contributed by atoms with E-state index in [2.05, 4.69) is 0 Å². The molecule has 0 aliphatic rings. The van der Waals surface area contributed by atoms with Crippen LogP contribution in [0.15, 0.2) is 0 Å². The summed E-state index contributed by atoms with van der Waals surface area (Å²) in [5.74, 6) is 0. The monoisotopic (exact) mass is 509 g/mol. The maximum atomic E-state index is 10.3. The molecule has 0 amide bonds. The van der Waals surface area contributed by atoms with E-state index in [0.29, 0.717) is 6.61 Å². The third-order valence-electron chi connectivity index (χ3n) is 7.98. The van der Waals surface area contributed by atoms with Crippen LogP contribution in [-0.2, 0) is 4.79 Å². The van der Waals surface area contributed by atoms with Crippen LogP contribution in [-0.4, -0.2) is 18.0 Å². The lowest BCUT2D eigenvalue weighted by molar-refractivity contribution is -0.107. The first-order valence-electron chi connectivity index (χ1n) is 17.0. The van der Waals surface area contributed by atoms with E-state index < -0.39 is 0 Å². The molecule has 0 bridgehead atoms. The number of aliphatic hydroxyl groups is 1. The van der Waals surface area contributed by atoms with Crippen LogP contribution < -0.4 is 0 Å². The predicted molar refractivity (Wildman–Crippen MR) is 161 cm³/mol. The van der Waals surface area contributed by atoms with Crippen molar-refractivity contribution in [2.45, 2.75) is 205 Å². The van der Waals surface area contributed by atoms with Crippen LogP contribution in [0.1, 0.15) is 205 Å². The Morgan fingerprint density at radius 3 is 0.611 bits per heavy atom. The molecule has 0 saturated carbocycles. The van der Waals surface area contributed by atoms with Gasteiger partial charge in [0.05, 0.1) is 0 Å². The number of hydrogen-bond acceptors (Lipinski definition) is 2. The van der Waals surface area contributed by atoms with E-state index in [-0.39, 0.29) is 0 Å². The van der Waals surface area contributed by atoms with Crippen molar-refractivity contribution in [1.29, 1.82) is 0 Å². The van der Waals surface area contributed by atoms with E-state index in [0.717, 1.165) is 25.5 Å². The highest BCUT2D eigenvalue weighted by molar-refractivity contribution is 5.48. The van der Waals surface area contributed by atoms with Crippen molar-refractivity contribution in [3.8, 4) is 0 Å². The molecule has 0 saturated heterocycles. The number of hydrogen-bond donors (Lipinski definition) is 1. The van der Waals surface area contributed by atoms with Gasteiger partial charge in [-0.25, -0.2) is 0 Å². The van der Waals surface area contributed by atoms with Crippen molar-refractivity contribution in [2.75, 3.05) is 6.61 Å². The third-order valence-corrected chi connectivity index (χ3v) is 7.98. The molecular formula is C34H68O2. The van der Waals surface area contributed by atoms with Gasteiger partial charge in [0.1, 0.15) is 6.29 Å². The van der Waals surface area contributed by atoms with E-state index in [4.69, 9.17) is 5.11 Å². The standard InChI is InChI=1S/C34H68O2/c35-33-31-29-27-25-23-21-19-17-15-13-11-9-7-5-3-1-2-4-6-8-10-12-14-16-18-20-22-24-26-28-30-32-34-36/h33,36H,1-32,34H2. The van der Waals surface area contributed by atoms with E-state index >= 15 is 0 Å². The smallest absolute Gasteiger partial charge is 0.119 e. The summed E-state index contributed by atoms with van der Waals surface area (Å²) in [7, 11) is 0. The fourth-order valence-electron chi connectivity index (χ4n) is 5.47. The zero-order chi connectivity index (χ0) is 26.0. The minimum atomic E-state index is 0.370. The van der Waals surface area contributed by atoms with E-state index in [1.807, 2.05) is 0 Å². The van der Waals surface area contributed by atoms with E-state index in [1.54, 1.807) is 0 Å². The van der Waals surface area contributed by atoms with Gasteiger partial charge in [-0.2, -0.15) is 0 Å². The first-order chi connectivity index (χ1) is 17.9. The van der Waals surface area contributed by atoms with Gasteiger partial charge in [0.25, 0.3) is 0 Å². The van der Waals surface area contributed by atoms with Crippen LogP contribution in [0.25, 0.3) is 0 Å². The Morgan fingerprint density at radius 1 is 0.278 bits per heavy atom. The largest absolute Gasteiger partial charge is 0.396 e. The van der Waals surface area contributed by atoms with Gasteiger partial charge in [0, 0.05) is 13.0 Å². The Labute approximate surface area is 228 Å². The summed E-state index contributed by atoms with van der Waals surface area (Å²) < 4.78 is 0. The number of unbranched alkanes of at least 4 members (excludes halogenated alkanes) is 31. The molecule has 0 aromatic carbocycles. The summed E-state index contributed by atoms with van der Waals surface area (Å²) in [5, 5.41) is 8.77. The van der Waals surface area contributed by atoms with Gasteiger partial charge in [-0.3, -0.25) is 0 Å². The van der Waals surface area contributed by atoms with Crippen molar-refractivity contribution >= 4 is 6.29 Å². The van der Waals surface area contributed by atoms with Crippen LogP contribution in [0, 0.1) is 0 Å². The Morgan fingerprint density at radius 2 is 0.444 bits per heavy atom. The molecule has 0 unspecified atom stereocenters. The maximum absolute atomic E-state index is 10.3.